The highest BCUT2D eigenvalue weighted by atomic mass is 32.2. The van der Waals surface area contributed by atoms with Crippen LogP contribution in [-0.4, -0.2) is 64.0 Å². The number of nitrogens with one attached hydrogen (secondary N) is 1. The normalized spacial score (nSPS) is 17.3. The zero-order valence-electron chi connectivity index (χ0n) is 14.0. The zero-order chi connectivity index (χ0) is 17.6. The molecule has 0 bridgehead atoms. The van der Waals surface area contributed by atoms with E-state index in [0.717, 1.165) is 57.8 Å². The van der Waals surface area contributed by atoms with Gasteiger partial charge in [0.25, 0.3) is 0 Å². The van der Waals surface area contributed by atoms with Crippen molar-refractivity contribution >= 4 is 10.0 Å². The first-order valence-corrected chi connectivity index (χ1v) is 9.80. The molecule has 136 valence electrons. The Balaban J connectivity index is 1.69. The third-order valence-electron chi connectivity index (χ3n) is 4.31. The lowest BCUT2D eigenvalue weighted by Gasteiger charge is -2.33. The molecule has 1 saturated heterocycles. The maximum atomic E-state index is 13.1. The van der Waals surface area contributed by atoms with Crippen LogP contribution in [0.1, 0.15) is 19.8 Å². The Morgan fingerprint density at radius 3 is 2.33 bits per heavy atom. The summed E-state index contributed by atoms with van der Waals surface area (Å²) < 4.78 is 52.5. The quantitative estimate of drug-likeness (QED) is 0.716. The summed E-state index contributed by atoms with van der Waals surface area (Å²) in [7, 11) is -3.79. The molecule has 0 atom stereocenters. The number of piperazine rings is 1. The summed E-state index contributed by atoms with van der Waals surface area (Å²) in [5.74, 6) is -2.22. The number of benzene rings is 1. The highest BCUT2D eigenvalue weighted by molar-refractivity contribution is 7.89. The van der Waals surface area contributed by atoms with E-state index in [9.17, 15) is 17.2 Å². The Morgan fingerprint density at radius 2 is 1.71 bits per heavy atom. The van der Waals surface area contributed by atoms with Gasteiger partial charge >= 0.3 is 0 Å². The molecule has 0 radical (unpaired) electrons. The Bertz CT molecular complexity index is 632. The number of halogens is 2. The van der Waals surface area contributed by atoms with Crippen LogP contribution in [0.15, 0.2) is 23.1 Å². The van der Waals surface area contributed by atoms with Gasteiger partial charge in [-0.25, -0.2) is 21.9 Å². The van der Waals surface area contributed by atoms with Crippen molar-refractivity contribution in [2.75, 3.05) is 45.8 Å². The third-order valence-corrected chi connectivity index (χ3v) is 5.77. The van der Waals surface area contributed by atoms with Crippen molar-refractivity contribution in [1.29, 1.82) is 0 Å². The molecule has 1 fully saturated rings. The summed E-state index contributed by atoms with van der Waals surface area (Å²) in [5, 5.41) is 0. The van der Waals surface area contributed by atoms with E-state index in [2.05, 4.69) is 21.4 Å². The van der Waals surface area contributed by atoms with E-state index in [0.29, 0.717) is 12.5 Å². The molecule has 1 aliphatic heterocycles. The van der Waals surface area contributed by atoms with E-state index in [-0.39, 0.29) is 11.4 Å². The van der Waals surface area contributed by atoms with E-state index < -0.39 is 21.7 Å². The predicted octanol–water partition coefficient (Wildman–Crippen LogP) is 1.66. The lowest BCUT2D eigenvalue weighted by Crippen LogP contribution is -2.46. The van der Waals surface area contributed by atoms with Gasteiger partial charge in [-0.15, -0.1) is 0 Å². The molecule has 0 unspecified atom stereocenters. The number of likely N-dealkylation sites (N-methyl/N-ethyl adjacent to an activating group) is 1. The summed E-state index contributed by atoms with van der Waals surface area (Å²) >= 11 is 0. The average molecular weight is 361 g/mol. The number of hydrogen-bond acceptors (Lipinski definition) is 4. The van der Waals surface area contributed by atoms with Crippen molar-refractivity contribution in [3.05, 3.63) is 29.8 Å². The number of rotatable bonds is 8. The maximum Gasteiger partial charge on any atom is 0.240 e. The number of unbranched alkanes of at least 4 members (excludes halogenated alkanes) is 1. The molecule has 1 heterocycles. The van der Waals surface area contributed by atoms with Crippen LogP contribution in [0.3, 0.4) is 0 Å². The standard InChI is InChI=1S/C16H25F2N3O2S/c1-2-20-9-11-21(12-10-20)8-4-3-7-19-24(22,23)14-5-6-15(17)16(18)13-14/h5-6,13,19H,2-4,7-12H2,1H3. The fraction of sp³-hybridized carbons (Fsp3) is 0.625. The van der Waals surface area contributed by atoms with Crippen molar-refractivity contribution in [1.82, 2.24) is 14.5 Å². The second kappa shape index (κ2) is 8.84. The predicted molar refractivity (Wildman–Crippen MR) is 89.3 cm³/mol. The maximum absolute atomic E-state index is 13.1. The Kier molecular flexibility index (Phi) is 7.09. The van der Waals surface area contributed by atoms with E-state index >= 15 is 0 Å². The monoisotopic (exact) mass is 361 g/mol. The molecule has 0 spiro atoms. The SMILES string of the molecule is CCN1CCN(CCCCNS(=O)(=O)c2ccc(F)c(F)c2)CC1. The highest BCUT2D eigenvalue weighted by Crippen LogP contribution is 2.13. The summed E-state index contributed by atoms with van der Waals surface area (Å²) in [4.78, 5) is 4.54. The van der Waals surface area contributed by atoms with E-state index in [1.165, 1.54) is 0 Å². The third kappa shape index (κ3) is 5.47. The molecule has 0 aromatic heterocycles. The van der Waals surface area contributed by atoms with Gasteiger partial charge in [0.15, 0.2) is 11.6 Å². The van der Waals surface area contributed by atoms with Crippen molar-refractivity contribution in [2.24, 2.45) is 0 Å². The summed E-state index contributed by atoms with van der Waals surface area (Å²) in [6.07, 6.45) is 1.60. The molecule has 0 aliphatic carbocycles. The first-order valence-electron chi connectivity index (χ1n) is 8.32. The van der Waals surface area contributed by atoms with E-state index in [1.54, 1.807) is 0 Å². The molecule has 1 N–H and O–H groups in total. The van der Waals surface area contributed by atoms with Crippen molar-refractivity contribution in [3.63, 3.8) is 0 Å². The minimum absolute atomic E-state index is 0.253. The number of nitrogens with zero attached hydrogens (tertiary/aromatic N) is 2. The molecule has 1 aromatic carbocycles. The van der Waals surface area contributed by atoms with Gasteiger partial charge in [0.2, 0.25) is 10.0 Å². The van der Waals surface area contributed by atoms with Gasteiger partial charge in [-0.1, -0.05) is 6.92 Å². The highest BCUT2D eigenvalue weighted by Gasteiger charge is 2.17. The average Bonchev–Trinajstić information content (AvgIpc) is 2.57. The molecular formula is C16H25F2N3O2S. The van der Waals surface area contributed by atoms with Crippen LogP contribution < -0.4 is 4.72 Å². The lowest BCUT2D eigenvalue weighted by molar-refractivity contribution is 0.136. The van der Waals surface area contributed by atoms with Crippen molar-refractivity contribution in [3.8, 4) is 0 Å². The van der Waals surface area contributed by atoms with Gasteiger partial charge in [0, 0.05) is 32.7 Å². The Labute approximate surface area is 142 Å². The van der Waals surface area contributed by atoms with Gasteiger partial charge < -0.3 is 9.80 Å². The summed E-state index contributed by atoms with van der Waals surface area (Å²) in [6.45, 7) is 8.75. The van der Waals surface area contributed by atoms with E-state index in [1.807, 2.05) is 0 Å². The van der Waals surface area contributed by atoms with Crippen LogP contribution >= 0.6 is 0 Å². The molecule has 8 heteroatoms. The second-order valence-electron chi connectivity index (χ2n) is 5.96. The largest absolute Gasteiger partial charge is 0.301 e. The zero-order valence-corrected chi connectivity index (χ0v) is 14.8. The summed E-state index contributed by atoms with van der Waals surface area (Å²) in [6, 6.07) is 2.58. The van der Waals surface area contributed by atoms with Crippen LogP contribution in [0.5, 0.6) is 0 Å². The fourth-order valence-electron chi connectivity index (χ4n) is 2.72. The lowest BCUT2D eigenvalue weighted by atomic mass is 10.2. The molecule has 24 heavy (non-hydrogen) atoms. The fourth-order valence-corrected chi connectivity index (χ4v) is 3.81. The first-order chi connectivity index (χ1) is 11.4. The Hall–Kier alpha value is -1.09. The van der Waals surface area contributed by atoms with Crippen LogP contribution in [-0.2, 0) is 10.0 Å². The van der Waals surface area contributed by atoms with Gasteiger partial charge in [-0.05, 0) is 44.1 Å². The minimum Gasteiger partial charge on any atom is -0.301 e. The van der Waals surface area contributed by atoms with Gasteiger partial charge in [0.05, 0.1) is 4.90 Å². The minimum atomic E-state index is -3.79. The molecule has 1 aliphatic rings. The van der Waals surface area contributed by atoms with E-state index in [4.69, 9.17) is 0 Å². The van der Waals surface area contributed by atoms with Crippen molar-refractivity contribution < 1.29 is 17.2 Å². The number of sulfonamides is 1. The van der Waals surface area contributed by atoms with Gasteiger partial charge in [-0.3, -0.25) is 0 Å². The van der Waals surface area contributed by atoms with Gasteiger partial charge in [0.1, 0.15) is 0 Å². The van der Waals surface area contributed by atoms with Gasteiger partial charge in [-0.2, -0.15) is 0 Å². The van der Waals surface area contributed by atoms with Crippen LogP contribution in [0.25, 0.3) is 0 Å². The Morgan fingerprint density at radius 1 is 1.04 bits per heavy atom. The summed E-state index contributed by atoms with van der Waals surface area (Å²) in [5.41, 5.74) is 0. The smallest absolute Gasteiger partial charge is 0.240 e. The van der Waals surface area contributed by atoms with Crippen LogP contribution in [0.4, 0.5) is 8.78 Å². The van der Waals surface area contributed by atoms with Crippen LogP contribution in [0.2, 0.25) is 0 Å². The van der Waals surface area contributed by atoms with Crippen LogP contribution in [0, 0.1) is 11.6 Å². The van der Waals surface area contributed by atoms with Crippen molar-refractivity contribution in [2.45, 2.75) is 24.7 Å². The second-order valence-corrected chi connectivity index (χ2v) is 7.72. The molecule has 5 nitrogen and oxygen atoms in total. The number of hydrogen-bond donors (Lipinski definition) is 1. The molecular weight excluding hydrogens is 336 g/mol. The topological polar surface area (TPSA) is 52.6 Å². The molecule has 1 aromatic rings. The first kappa shape index (κ1) is 19.2. The molecule has 0 amide bonds. The molecule has 2 rings (SSSR count). The molecule has 0 saturated carbocycles.